The summed E-state index contributed by atoms with van der Waals surface area (Å²) in [5.41, 5.74) is 16.9. The van der Waals surface area contributed by atoms with Crippen LogP contribution >= 0.6 is 0 Å². The highest BCUT2D eigenvalue weighted by Crippen LogP contribution is 2.45. The smallest absolute Gasteiger partial charge is 0.160 e. The molecule has 0 fully saturated rings. The lowest BCUT2D eigenvalue weighted by atomic mass is 9.94. The number of fused-ring (bicyclic) bond motifs is 6. The van der Waals surface area contributed by atoms with E-state index in [1.54, 1.807) is 0 Å². The van der Waals surface area contributed by atoms with Crippen LogP contribution in [0.5, 0.6) is 0 Å². The fourth-order valence-corrected chi connectivity index (χ4v) is 7.71. The van der Waals surface area contributed by atoms with Gasteiger partial charge >= 0.3 is 0 Å². The average molecular weight is 641 g/mol. The summed E-state index contributed by atoms with van der Waals surface area (Å²) < 4.78 is 6.46. The van der Waals surface area contributed by atoms with E-state index in [1.807, 2.05) is 12.1 Å². The number of nitrogens with zero attached hydrogens (tertiary/aromatic N) is 2. The minimum atomic E-state index is 0.728. The summed E-state index contributed by atoms with van der Waals surface area (Å²) in [6.07, 6.45) is 9.83. The van der Waals surface area contributed by atoms with Crippen LogP contribution in [0, 0.1) is 0 Å². The van der Waals surface area contributed by atoms with Crippen LogP contribution < -0.4 is 0 Å². The number of allylic oxidation sites excluding steroid dienone is 4. The van der Waals surface area contributed by atoms with Crippen molar-refractivity contribution in [2.75, 3.05) is 0 Å². The van der Waals surface area contributed by atoms with Gasteiger partial charge in [-0.2, -0.15) is 0 Å². The Labute approximate surface area is 290 Å². The summed E-state index contributed by atoms with van der Waals surface area (Å²) >= 11 is 0. The Balaban J connectivity index is 1.05. The molecule has 0 bridgehead atoms. The van der Waals surface area contributed by atoms with Gasteiger partial charge in [0.15, 0.2) is 5.82 Å². The van der Waals surface area contributed by atoms with Crippen molar-refractivity contribution in [2.45, 2.75) is 19.3 Å². The lowest BCUT2D eigenvalue weighted by Gasteiger charge is -2.12. The van der Waals surface area contributed by atoms with Crippen molar-refractivity contribution in [1.82, 2.24) is 9.97 Å². The highest BCUT2D eigenvalue weighted by atomic mass is 16.3. The first kappa shape index (κ1) is 28.7. The van der Waals surface area contributed by atoms with Crippen molar-refractivity contribution in [3.05, 3.63) is 174 Å². The zero-order valence-electron chi connectivity index (χ0n) is 27.4. The van der Waals surface area contributed by atoms with Gasteiger partial charge in [-0.3, -0.25) is 0 Å². The third kappa shape index (κ3) is 4.82. The largest absolute Gasteiger partial charge is 0.455 e. The van der Waals surface area contributed by atoms with Crippen molar-refractivity contribution in [1.29, 1.82) is 0 Å². The van der Waals surface area contributed by atoms with Gasteiger partial charge in [0.05, 0.1) is 11.4 Å². The second-order valence-corrected chi connectivity index (χ2v) is 13.2. The molecule has 2 aromatic heterocycles. The third-order valence-electron chi connectivity index (χ3n) is 10.2. The molecule has 50 heavy (non-hydrogen) atoms. The van der Waals surface area contributed by atoms with E-state index < -0.39 is 0 Å². The predicted octanol–water partition coefficient (Wildman–Crippen LogP) is 12.3. The van der Waals surface area contributed by atoms with E-state index in [0.29, 0.717) is 0 Å². The van der Waals surface area contributed by atoms with Gasteiger partial charge in [-0.1, -0.05) is 140 Å². The van der Waals surface area contributed by atoms with Gasteiger partial charge < -0.3 is 4.42 Å². The van der Waals surface area contributed by atoms with Crippen LogP contribution in [0.3, 0.4) is 0 Å². The van der Waals surface area contributed by atoms with Crippen LogP contribution in [0.1, 0.15) is 29.5 Å². The van der Waals surface area contributed by atoms with Gasteiger partial charge in [0, 0.05) is 33.0 Å². The molecular weight excluding hydrogens is 609 g/mol. The highest BCUT2D eigenvalue weighted by Gasteiger charge is 2.24. The Morgan fingerprint density at radius 1 is 0.500 bits per heavy atom. The van der Waals surface area contributed by atoms with Crippen LogP contribution in [0.15, 0.2) is 162 Å². The molecule has 6 aromatic carbocycles. The maximum Gasteiger partial charge on any atom is 0.160 e. The second kappa shape index (κ2) is 11.7. The number of furan rings is 1. The lowest BCUT2D eigenvalue weighted by molar-refractivity contribution is 0.670. The van der Waals surface area contributed by atoms with Crippen molar-refractivity contribution in [2.24, 2.45) is 0 Å². The topological polar surface area (TPSA) is 38.9 Å². The standard InChI is InChI=1S/C47H32N2O/c1-3-11-30(12-4-1)31-21-23-33(24-22-31)47-48-43(32-13-5-2-6-14-32)29-44(49-47)34-25-26-36-35(27-34)28-42-37(36)16-9-17-38(42)40-18-10-19-41-39-15-7-8-20-45(39)50-46(40)41/h2-3,5-27,29H,1,4,28H2. The van der Waals surface area contributed by atoms with E-state index in [4.69, 9.17) is 14.4 Å². The van der Waals surface area contributed by atoms with E-state index in [9.17, 15) is 0 Å². The highest BCUT2D eigenvalue weighted by molar-refractivity contribution is 6.10. The number of rotatable bonds is 5. The first-order valence-electron chi connectivity index (χ1n) is 17.3. The molecule has 0 atom stereocenters. The SMILES string of the molecule is C1=CC(c2ccc(-c3nc(-c4ccccc4)cc(-c4ccc5c(c4)Cc4c-5cccc4-c4cccc5c4oc4ccccc45)n3)cc2)=CCC1. The summed E-state index contributed by atoms with van der Waals surface area (Å²) in [7, 11) is 0. The third-order valence-corrected chi connectivity index (χ3v) is 10.2. The normalized spacial score (nSPS) is 13.4. The fourth-order valence-electron chi connectivity index (χ4n) is 7.71. The Kier molecular flexibility index (Phi) is 6.70. The van der Waals surface area contributed by atoms with Crippen LogP contribution in [-0.4, -0.2) is 9.97 Å². The van der Waals surface area contributed by atoms with Crippen molar-refractivity contribution >= 4 is 27.5 Å². The molecule has 0 radical (unpaired) electrons. The number of hydrogen-bond donors (Lipinski definition) is 0. The van der Waals surface area contributed by atoms with Gasteiger partial charge in [-0.25, -0.2) is 9.97 Å². The molecular formula is C47H32N2O. The Morgan fingerprint density at radius 3 is 2.04 bits per heavy atom. The molecule has 236 valence electrons. The number of benzene rings is 6. The van der Waals surface area contributed by atoms with Crippen LogP contribution in [0.4, 0.5) is 0 Å². The van der Waals surface area contributed by atoms with Gasteiger partial charge in [-0.15, -0.1) is 0 Å². The van der Waals surface area contributed by atoms with E-state index in [-0.39, 0.29) is 0 Å². The maximum atomic E-state index is 6.46. The predicted molar refractivity (Wildman–Crippen MR) is 206 cm³/mol. The molecule has 2 heterocycles. The molecule has 3 nitrogen and oxygen atoms in total. The minimum Gasteiger partial charge on any atom is -0.455 e. The molecule has 0 spiro atoms. The molecule has 0 amide bonds. The number of aromatic nitrogens is 2. The molecule has 0 aliphatic heterocycles. The van der Waals surface area contributed by atoms with Gasteiger partial charge in [0.2, 0.25) is 0 Å². The zero-order chi connectivity index (χ0) is 33.0. The van der Waals surface area contributed by atoms with Gasteiger partial charge in [0.25, 0.3) is 0 Å². The minimum absolute atomic E-state index is 0.728. The molecule has 2 aliphatic rings. The summed E-state index contributed by atoms with van der Waals surface area (Å²) in [6.45, 7) is 0. The van der Waals surface area contributed by atoms with E-state index in [1.165, 1.54) is 39.0 Å². The molecule has 2 aliphatic carbocycles. The van der Waals surface area contributed by atoms with Crippen LogP contribution in [0.25, 0.3) is 83.7 Å². The van der Waals surface area contributed by atoms with Crippen molar-refractivity contribution < 1.29 is 4.42 Å². The molecule has 10 rings (SSSR count). The lowest BCUT2D eigenvalue weighted by Crippen LogP contribution is -1.97. The second-order valence-electron chi connectivity index (χ2n) is 13.2. The molecule has 3 heteroatoms. The van der Waals surface area contributed by atoms with E-state index >= 15 is 0 Å². The van der Waals surface area contributed by atoms with Crippen molar-refractivity contribution in [3.63, 3.8) is 0 Å². The Bertz CT molecular complexity index is 2660. The molecule has 0 unspecified atom stereocenters. The summed E-state index contributed by atoms with van der Waals surface area (Å²) in [5, 5.41) is 2.30. The fraction of sp³-hybridized carbons (Fsp3) is 0.0638. The van der Waals surface area contributed by atoms with Gasteiger partial charge in [0.1, 0.15) is 11.2 Å². The monoisotopic (exact) mass is 640 g/mol. The van der Waals surface area contributed by atoms with Crippen LogP contribution in [0.2, 0.25) is 0 Å². The molecule has 8 aromatic rings. The molecule has 0 saturated carbocycles. The zero-order valence-corrected chi connectivity index (χ0v) is 27.4. The Morgan fingerprint density at radius 2 is 1.20 bits per heavy atom. The van der Waals surface area contributed by atoms with Crippen molar-refractivity contribution in [3.8, 4) is 56.2 Å². The van der Waals surface area contributed by atoms with Gasteiger partial charge in [-0.05, 0) is 76.4 Å². The number of para-hydroxylation sites is 2. The molecule has 0 saturated heterocycles. The Hall–Kier alpha value is -6.32. The summed E-state index contributed by atoms with van der Waals surface area (Å²) in [5.74, 6) is 0.728. The van der Waals surface area contributed by atoms with Crippen LogP contribution in [-0.2, 0) is 6.42 Å². The average Bonchev–Trinajstić information content (AvgIpc) is 3.77. The first-order valence-corrected chi connectivity index (χ1v) is 17.3. The quantitative estimate of drug-likeness (QED) is 0.188. The van der Waals surface area contributed by atoms with E-state index in [0.717, 1.165) is 80.7 Å². The summed E-state index contributed by atoms with van der Waals surface area (Å²) in [6, 6.07) is 49.5. The van der Waals surface area contributed by atoms with E-state index in [2.05, 4.69) is 146 Å². The first-order chi connectivity index (χ1) is 24.8. The maximum absolute atomic E-state index is 6.46. The summed E-state index contributed by atoms with van der Waals surface area (Å²) in [4.78, 5) is 10.3. The molecule has 0 N–H and O–H groups in total. The number of hydrogen-bond acceptors (Lipinski definition) is 3.